The van der Waals surface area contributed by atoms with Crippen LogP contribution >= 0.6 is 0 Å². The Labute approximate surface area is 137 Å². The van der Waals surface area contributed by atoms with Gasteiger partial charge in [-0.3, -0.25) is 0 Å². The molecule has 1 aromatic heterocycles. The van der Waals surface area contributed by atoms with Crippen molar-refractivity contribution in [1.82, 2.24) is 3.97 Å². The molecule has 0 radical (unpaired) electrons. The maximum absolute atomic E-state index is 13.0. The molecule has 1 heterocycles. The van der Waals surface area contributed by atoms with Crippen LogP contribution in [0.15, 0.2) is 35.4 Å². The highest BCUT2D eigenvalue weighted by molar-refractivity contribution is 7.90. The van der Waals surface area contributed by atoms with E-state index in [0.717, 1.165) is 16.7 Å². The van der Waals surface area contributed by atoms with Crippen molar-refractivity contribution in [3.05, 3.63) is 52.8 Å². The second-order valence-electron chi connectivity index (χ2n) is 7.35. The van der Waals surface area contributed by atoms with Crippen LogP contribution in [0.2, 0.25) is 0 Å². The Morgan fingerprint density at radius 2 is 1.78 bits per heavy atom. The largest absolute Gasteiger partial charge is 0.388 e. The first-order chi connectivity index (χ1) is 10.6. The zero-order valence-corrected chi connectivity index (χ0v) is 14.8. The van der Waals surface area contributed by atoms with Crippen molar-refractivity contribution in [1.29, 1.82) is 0 Å². The molecule has 0 spiro atoms. The van der Waals surface area contributed by atoms with Gasteiger partial charge in [0.1, 0.15) is 0 Å². The summed E-state index contributed by atoms with van der Waals surface area (Å²) in [6.07, 6.45) is 2.32. The van der Waals surface area contributed by atoms with Crippen molar-refractivity contribution in [2.45, 2.75) is 51.5 Å². The summed E-state index contributed by atoms with van der Waals surface area (Å²) in [5, 5.41) is 10.5. The highest BCUT2D eigenvalue weighted by Gasteiger charge is 2.37. The Morgan fingerprint density at radius 3 is 2.39 bits per heavy atom. The number of aromatic nitrogens is 1. The number of aliphatic hydroxyl groups is 1. The zero-order valence-electron chi connectivity index (χ0n) is 14.0. The van der Waals surface area contributed by atoms with E-state index >= 15 is 0 Å². The molecule has 1 aliphatic carbocycles. The van der Waals surface area contributed by atoms with Crippen LogP contribution in [0.1, 0.15) is 48.8 Å². The van der Waals surface area contributed by atoms with E-state index in [1.807, 2.05) is 13.8 Å². The number of aryl methyl sites for hydroxylation is 2. The highest BCUT2D eigenvalue weighted by Crippen LogP contribution is 2.43. The molecule has 4 nitrogen and oxygen atoms in total. The number of hydrogen-bond acceptors (Lipinski definition) is 3. The molecule has 1 aliphatic rings. The second-order valence-corrected chi connectivity index (χ2v) is 9.16. The third kappa shape index (κ3) is 2.72. The lowest BCUT2D eigenvalue weighted by atomic mass is 9.75. The number of fused-ring (bicyclic) bond motifs is 1. The Balaban J connectivity index is 2.18. The Kier molecular flexibility index (Phi) is 3.69. The molecular weight excluding hydrogens is 310 g/mol. The molecule has 5 heteroatoms. The Hall–Kier alpha value is -1.59. The molecule has 0 amide bonds. The summed E-state index contributed by atoms with van der Waals surface area (Å²) in [4.78, 5) is 0.277. The summed E-state index contributed by atoms with van der Waals surface area (Å²) in [5.74, 6) is 0. The van der Waals surface area contributed by atoms with Crippen molar-refractivity contribution in [3.8, 4) is 0 Å². The molecule has 0 bridgehead atoms. The molecule has 0 saturated carbocycles. The standard InChI is InChI=1S/C18H23NO3S/c1-12-5-7-14(8-6-12)23(21,22)19-11-13(2)17-15(19)9-18(3,4)10-16(17)20/h5-8,11,16,20H,9-10H2,1-4H3. The molecule has 1 unspecified atom stereocenters. The fourth-order valence-electron chi connectivity index (χ4n) is 3.49. The van der Waals surface area contributed by atoms with Gasteiger partial charge in [-0.1, -0.05) is 31.5 Å². The van der Waals surface area contributed by atoms with Crippen molar-refractivity contribution in [2.24, 2.45) is 5.41 Å². The smallest absolute Gasteiger partial charge is 0.267 e. The predicted molar refractivity (Wildman–Crippen MR) is 90.0 cm³/mol. The van der Waals surface area contributed by atoms with Crippen molar-refractivity contribution >= 4 is 10.0 Å². The molecule has 0 fully saturated rings. The lowest BCUT2D eigenvalue weighted by molar-refractivity contribution is 0.0984. The monoisotopic (exact) mass is 333 g/mol. The van der Waals surface area contributed by atoms with E-state index < -0.39 is 16.1 Å². The quantitative estimate of drug-likeness (QED) is 0.917. The minimum Gasteiger partial charge on any atom is -0.388 e. The normalized spacial score (nSPS) is 20.3. The highest BCUT2D eigenvalue weighted by atomic mass is 32.2. The van der Waals surface area contributed by atoms with Gasteiger partial charge in [0.05, 0.1) is 11.0 Å². The lowest BCUT2D eigenvalue weighted by Crippen LogP contribution is -2.28. The molecule has 1 atom stereocenters. The fourth-order valence-corrected chi connectivity index (χ4v) is 4.94. The van der Waals surface area contributed by atoms with Crippen LogP contribution in [0.25, 0.3) is 0 Å². The van der Waals surface area contributed by atoms with E-state index in [9.17, 15) is 13.5 Å². The number of rotatable bonds is 2. The summed E-state index contributed by atoms with van der Waals surface area (Å²) in [6, 6.07) is 6.87. The number of nitrogens with zero attached hydrogens (tertiary/aromatic N) is 1. The van der Waals surface area contributed by atoms with Gasteiger partial charge >= 0.3 is 0 Å². The van der Waals surface area contributed by atoms with E-state index in [2.05, 4.69) is 13.8 Å². The van der Waals surface area contributed by atoms with E-state index in [4.69, 9.17) is 0 Å². The minimum absolute atomic E-state index is 0.127. The Bertz CT molecular complexity index is 845. The predicted octanol–water partition coefficient (Wildman–Crippen LogP) is 3.35. The van der Waals surface area contributed by atoms with Crippen LogP contribution in [-0.2, 0) is 16.4 Å². The third-order valence-corrected chi connectivity index (χ3v) is 6.33. The third-order valence-electron chi connectivity index (χ3n) is 4.62. The first-order valence-electron chi connectivity index (χ1n) is 7.83. The molecule has 0 aliphatic heterocycles. The van der Waals surface area contributed by atoms with Gasteiger partial charge in [0, 0.05) is 17.5 Å². The van der Waals surface area contributed by atoms with Crippen molar-refractivity contribution in [3.63, 3.8) is 0 Å². The SMILES string of the molecule is Cc1ccc(S(=O)(=O)n2cc(C)c3c2CC(C)(C)CC3O)cc1. The van der Waals surface area contributed by atoms with E-state index in [1.165, 1.54) is 3.97 Å². The molecule has 124 valence electrons. The van der Waals surface area contributed by atoms with Crippen LogP contribution in [0.4, 0.5) is 0 Å². The minimum atomic E-state index is -3.64. The van der Waals surface area contributed by atoms with Crippen LogP contribution < -0.4 is 0 Å². The Morgan fingerprint density at radius 1 is 1.17 bits per heavy atom. The topological polar surface area (TPSA) is 59.3 Å². The first-order valence-corrected chi connectivity index (χ1v) is 9.27. The van der Waals surface area contributed by atoms with Crippen molar-refractivity contribution < 1.29 is 13.5 Å². The fraction of sp³-hybridized carbons (Fsp3) is 0.444. The van der Waals surface area contributed by atoms with Gasteiger partial charge in [0.25, 0.3) is 10.0 Å². The molecular formula is C18H23NO3S. The van der Waals surface area contributed by atoms with E-state index in [1.54, 1.807) is 30.5 Å². The van der Waals surface area contributed by atoms with Crippen LogP contribution in [0, 0.1) is 19.3 Å². The van der Waals surface area contributed by atoms with Crippen LogP contribution in [-0.4, -0.2) is 17.5 Å². The first kappa shape index (κ1) is 16.3. The molecule has 1 N–H and O–H groups in total. The summed E-state index contributed by atoms with van der Waals surface area (Å²) >= 11 is 0. The summed E-state index contributed by atoms with van der Waals surface area (Å²) < 4.78 is 27.4. The van der Waals surface area contributed by atoms with Gasteiger partial charge in [-0.15, -0.1) is 0 Å². The zero-order chi connectivity index (χ0) is 17.0. The molecule has 0 saturated heterocycles. The number of aliphatic hydroxyl groups excluding tert-OH is 1. The number of hydrogen-bond donors (Lipinski definition) is 1. The van der Waals surface area contributed by atoms with Gasteiger partial charge in [-0.2, -0.15) is 0 Å². The molecule has 23 heavy (non-hydrogen) atoms. The molecule has 3 rings (SSSR count). The van der Waals surface area contributed by atoms with Gasteiger partial charge in [-0.05, 0) is 49.8 Å². The van der Waals surface area contributed by atoms with E-state index in [-0.39, 0.29) is 10.3 Å². The number of benzene rings is 1. The second kappa shape index (κ2) is 5.21. The van der Waals surface area contributed by atoms with Crippen LogP contribution in [0.3, 0.4) is 0 Å². The lowest BCUT2D eigenvalue weighted by Gasteiger charge is -2.34. The molecule has 2 aromatic rings. The summed E-state index contributed by atoms with van der Waals surface area (Å²) in [5.41, 5.74) is 3.22. The van der Waals surface area contributed by atoms with Gasteiger partial charge in [-0.25, -0.2) is 12.4 Å². The van der Waals surface area contributed by atoms with Gasteiger partial charge in [0.15, 0.2) is 0 Å². The maximum Gasteiger partial charge on any atom is 0.267 e. The average molecular weight is 333 g/mol. The summed E-state index contributed by atoms with van der Waals surface area (Å²) in [6.45, 7) is 7.91. The van der Waals surface area contributed by atoms with Gasteiger partial charge < -0.3 is 5.11 Å². The van der Waals surface area contributed by atoms with E-state index in [0.29, 0.717) is 18.5 Å². The van der Waals surface area contributed by atoms with Gasteiger partial charge in [0.2, 0.25) is 0 Å². The average Bonchev–Trinajstić information content (AvgIpc) is 2.75. The maximum atomic E-state index is 13.0. The summed E-state index contributed by atoms with van der Waals surface area (Å²) in [7, 11) is -3.64. The van der Waals surface area contributed by atoms with Crippen molar-refractivity contribution in [2.75, 3.05) is 0 Å². The molecule has 1 aromatic carbocycles. The van der Waals surface area contributed by atoms with Crippen LogP contribution in [0.5, 0.6) is 0 Å².